The van der Waals surface area contributed by atoms with E-state index in [1.54, 1.807) is 26.1 Å². The molecule has 3 rings (SSSR count). The molecule has 0 aromatic heterocycles. The number of rotatable bonds is 6. The third-order valence-electron chi connectivity index (χ3n) is 5.80. The molecule has 2 saturated carbocycles. The zero-order chi connectivity index (χ0) is 17.2. The maximum absolute atomic E-state index is 11.8. The van der Waals surface area contributed by atoms with Gasteiger partial charge < -0.3 is 25.0 Å². The van der Waals surface area contributed by atoms with Crippen LogP contribution < -0.4 is 10.6 Å². The van der Waals surface area contributed by atoms with Gasteiger partial charge >= 0.3 is 0 Å². The number of carbonyl (C=O) groups excluding carboxylic acids is 1. The summed E-state index contributed by atoms with van der Waals surface area (Å²) in [6.45, 7) is 2.30. The molecule has 1 amide bonds. The Morgan fingerprint density at radius 1 is 1.42 bits per heavy atom. The van der Waals surface area contributed by atoms with Crippen molar-refractivity contribution < 1.29 is 14.3 Å². The van der Waals surface area contributed by atoms with E-state index in [1.165, 1.54) is 19.3 Å². The summed E-state index contributed by atoms with van der Waals surface area (Å²) in [4.78, 5) is 17.9. The van der Waals surface area contributed by atoms with Gasteiger partial charge in [-0.2, -0.15) is 0 Å². The topological polar surface area (TPSA) is 75.2 Å². The molecule has 7 nitrogen and oxygen atoms in total. The summed E-state index contributed by atoms with van der Waals surface area (Å²) in [5, 5.41) is 6.89. The van der Waals surface area contributed by atoms with Crippen molar-refractivity contribution in [3.05, 3.63) is 0 Å². The number of amides is 1. The van der Waals surface area contributed by atoms with E-state index < -0.39 is 0 Å². The van der Waals surface area contributed by atoms with E-state index >= 15 is 0 Å². The number of carbonyl (C=O) groups is 1. The largest absolute Gasteiger partial charge is 0.383 e. The zero-order valence-corrected chi connectivity index (χ0v) is 15.0. The van der Waals surface area contributed by atoms with Crippen LogP contribution in [-0.4, -0.2) is 76.4 Å². The van der Waals surface area contributed by atoms with Crippen LogP contribution in [0.3, 0.4) is 0 Å². The Hall–Kier alpha value is -1.34. The van der Waals surface area contributed by atoms with Crippen molar-refractivity contribution in [1.82, 2.24) is 15.5 Å². The molecule has 136 valence electrons. The van der Waals surface area contributed by atoms with Crippen molar-refractivity contribution in [2.75, 3.05) is 47.5 Å². The number of nitrogens with zero attached hydrogens (tertiary/aromatic N) is 2. The van der Waals surface area contributed by atoms with E-state index in [2.05, 4.69) is 15.6 Å². The van der Waals surface area contributed by atoms with Crippen LogP contribution in [0.1, 0.15) is 25.7 Å². The normalized spacial score (nSPS) is 30.3. The molecule has 7 heteroatoms. The summed E-state index contributed by atoms with van der Waals surface area (Å²) >= 11 is 0. The number of ether oxygens (including phenoxy) is 2. The summed E-state index contributed by atoms with van der Waals surface area (Å²) in [5.74, 6) is 1.28. The number of fused-ring (bicyclic) bond motifs is 2. The molecule has 1 saturated heterocycles. The molecule has 1 aliphatic heterocycles. The minimum Gasteiger partial charge on any atom is -0.383 e. The number of nitrogens with one attached hydrogen (secondary N) is 2. The lowest BCUT2D eigenvalue weighted by molar-refractivity contribution is -0.171. The SMILES string of the molecule is COCCNC(=NCC(=O)N(C)C)NC1C2CCOC2C12CCC2. The van der Waals surface area contributed by atoms with Gasteiger partial charge in [-0.1, -0.05) is 6.42 Å². The maximum atomic E-state index is 11.8. The Labute approximate surface area is 144 Å². The first kappa shape index (κ1) is 17.5. The van der Waals surface area contributed by atoms with E-state index in [-0.39, 0.29) is 17.9 Å². The van der Waals surface area contributed by atoms with Crippen LogP contribution in [0.4, 0.5) is 0 Å². The number of hydrogen-bond acceptors (Lipinski definition) is 4. The smallest absolute Gasteiger partial charge is 0.243 e. The lowest BCUT2D eigenvalue weighted by atomic mass is 9.46. The average molecular weight is 338 g/mol. The van der Waals surface area contributed by atoms with Crippen molar-refractivity contribution in [3.63, 3.8) is 0 Å². The van der Waals surface area contributed by atoms with Crippen molar-refractivity contribution >= 4 is 11.9 Å². The summed E-state index contributed by atoms with van der Waals surface area (Å²) in [6, 6.07) is 0.405. The molecule has 0 bridgehead atoms. The van der Waals surface area contributed by atoms with E-state index in [0.717, 1.165) is 13.0 Å². The van der Waals surface area contributed by atoms with Crippen LogP contribution in [0.5, 0.6) is 0 Å². The Morgan fingerprint density at radius 2 is 2.21 bits per heavy atom. The minimum atomic E-state index is -0.00288. The first-order chi connectivity index (χ1) is 11.6. The summed E-state index contributed by atoms with van der Waals surface area (Å²) < 4.78 is 11.1. The molecule has 2 aliphatic carbocycles. The molecule has 1 heterocycles. The number of guanidine groups is 1. The first-order valence-corrected chi connectivity index (χ1v) is 8.94. The van der Waals surface area contributed by atoms with Gasteiger partial charge in [-0.25, -0.2) is 4.99 Å². The van der Waals surface area contributed by atoms with Crippen molar-refractivity contribution in [2.45, 2.75) is 37.8 Å². The number of likely N-dealkylation sites (N-methyl/N-ethyl adjacent to an activating group) is 1. The zero-order valence-electron chi connectivity index (χ0n) is 15.0. The third kappa shape index (κ3) is 3.11. The predicted octanol–water partition coefficient (Wildman–Crippen LogP) is 0.214. The van der Waals surface area contributed by atoms with E-state index in [1.807, 2.05) is 0 Å². The highest BCUT2D eigenvalue weighted by molar-refractivity contribution is 5.85. The van der Waals surface area contributed by atoms with Crippen molar-refractivity contribution in [1.29, 1.82) is 0 Å². The monoisotopic (exact) mass is 338 g/mol. The second kappa shape index (κ2) is 7.27. The highest BCUT2D eigenvalue weighted by Gasteiger charge is 2.66. The number of methoxy groups -OCH3 is 1. The molecule has 0 aromatic carbocycles. The summed E-state index contributed by atoms with van der Waals surface area (Å²) in [5.41, 5.74) is 0.288. The van der Waals surface area contributed by atoms with Crippen LogP contribution >= 0.6 is 0 Å². The second-order valence-corrected chi connectivity index (χ2v) is 7.33. The van der Waals surface area contributed by atoms with Gasteiger partial charge in [-0.15, -0.1) is 0 Å². The molecule has 3 aliphatic rings. The molecule has 1 spiro atoms. The second-order valence-electron chi connectivity index (χ2n) is 7.33. The number of aliphatic imine (C=N–C) groups is 1. The average Bonchev–Trinajstić information content (AvgIpc) is 2.92. The lowest BCUT2D eigenvalue weighted by Gasteiger charge is -2.63. The van der Waals surface area contributed by atoms with E-state index in [0.29, 0.717) is 37.2 Å². The van der Waals surface area contributed by atoms with Crippen molar-refractivity contribution in [3.8, 4) is 0 Å². The summed E-state index contributed by atoms with van der Waals surface area (Å²) in [6.07, 6.45) is 5.29. The third-order valence-corrected chi connectivity index (χ3v) is 5.80. The molecular formula is C17H30N4O3. The predicted molar refractivity (Wildman–Crippen MR) is 91.9 cm³/mol. The first-order valence-electron chi connectivity index (χ1n) is 8.94. The number of hydrogen-bond donors (Lipinski definition) is 2. The van der Waals surface area contributed by atoms with Crippen LogP contribution in [0.2, 0.25) is 0 Å². The van der Waals surface area contributed by atoms with Gasteiger partial charge in [0.1, 0.15) is 6.54 Å². The Kier molecular flexibility index (Phi) is 5.30. The summed E-state index contributed by atoms with van der Waals surface area (Å²) in [7, 11) is 5.18. The van der Waals surface area contributed by atoms with Crippen molar-refractivity contribution in [2.24, 2.45) is 16.3 Å². The van der Waals surface area contributed by atoms with Gasteiger partial charge in [0, 0.05) is 51.7 Å². The van der Waals surface area contributed by atoms with E-state index in [9.17, 15) is 4.79 Å². The van der Waals surface area contributed by atoms with Gasteiger partial charge in [0.2, 0.25) is 5.91 Å². The van der Waals surface area contributed by atoms with Gasteiger partial charge in [0.25, 0.3) is 0 Å². The quantitative estimate of drug-likeness (QED) is 0.411. The van der Waals surface area contributed by atoms with Gasteiger partial charge in [-0.3, -0.25) is 4.79 Å². The molecular weight excluding hydrogens is 308 g/mol. The van der Waals surface area contributed by atoms with Crippen LogP contribution in [-0.2, 0) is 14.3 Å². The van der Waals surface area contributed by atoms with Gasteiger partial charge in [0.05, 0.1) is 12.7 Å². The fourth-order valence-corrected chi connectivity index (χ4v) is 4.32. The van der Waals surface area contributed by atoms with E-state index in [4.69, 9.17) is 9.47 Å². The molecule has 3 unspecified atom stereocenters. The minimum absolute atomic E-state index is 0.00288. The molecule has 3 atom stereocenters. The standard InChI is InChI=1S/C17H30N4O3/c1-21(2)13(22)11-19-16(18-8-10-23-3)20-14-12-5-9-24-15(12)17(14)6-4-7-17/h12,14-15H,4-11H2,1-3H3,(H2,18,19,20). The van der Waals surface area contributed by atoms with Crippen LogP contribution in [0.15, 0.2) is 4.99 Å². The fourth-order valence-electron chi connectivity index (χ4n) is 4.32. The molecule has 0 aromatic rings. The van der Waals surface area contributed by atoms with Crippen LogP contribution in [0, 0.1) is 11.3 Å². The molecule has 0 radical (unpaired) electrons. The Morgan fingerprint density at radius 3 is 2.83 bits per heavy atom. The molecule has 24 heavy (non-hydrogen) atoms. The highest BCUT2D eigenvalue weighted by atomic mass is 16.5. The fraction of sp³-hybridized carbons (Fsp3) is 0.882. The van der Waals surface area contributed by atoms with Crippen LogP contribution in [0.25, 0.3) is 0 Å². The molecule has 3 fully saturated rings. The highest BCUT2D eigenvalue weighted by Crippen LogP contribution is 2.62. The Balaban J connectivity index is 1.64. The Bertz CT molecular complexity index is 490. The van der Waals surface area contributed by atoms with Gasteiger partial charge in [-0.05, 0) is 19.3 Å². The molecule has 2 N–H and O–H groups in total. The van der Waals surface area contributed by atoms with Gasteiger partial charge in [0.15, 0.2) is 5.96 Å². The lowest BCUT2D eigenvalue weighted by Crippen LogP contribution is -2.72. The maximum Gasteiger partial charge on any atom is 0.243 e.